The molecule has 0 aliphatic carbocycles. The van der Waals surface area contributed by atoms with Crippen molar-refractivity contribution in [1.29, 1.82) is 0 Å². The van der Waals surface area contributed by atoms with Crippen molar-refractivity contribution < 1.29 is 18.0 Å². The van der Waals surface area contributed by atoms with Crippen LogP contribution in [-0.2, 0) is 19.6 Å². The second-order valence-corrected chi connectivity index (χ2v) is 10.9. The summed E-state index contributed by atoms with van der Waals surface area (Å²) in [6.45, 7) is 2.49. The van der Waals surface area contributed by atoms with E-state index in [1.807, 2.05) is 25.1 Å². The van der Waals surface area contributed by atoms with E-state index in [1.165, 1.54) is 16.8 Å². The molecule has 33 heavy (non-hydrogen) atoms. The van der Waals surface area contributed by atoms with Gasteiger partial charge < -0.3 is 10.2 Å². The molecule has 1 aromatic heterocycles. The maximum atomic E-state index is 12.5. The number of carbonyl (C=O) groups is 2. The quantitative estimate of drug-likeness (QED) is 0.533. The predicted octanol–water partition coefficient (Wildman–Crippen LogP) is 2.41. The molecule has 1 aliphatic heterocycles. The molecule has 0 radical (unpaired) electrons. The topological polar surface area (TPSA) is 108 Å². The minimum Gasteiger partial charge on any atom is -0.346 e. The van der Waals surface area contributed by atoms with E-state index in [-0.39, 0.29) is 17.3 Å². The number of benzene rings is 2. The number of likely N-dealkylation sites (tertiary alicyclic amines) is 1. The Morgan fingerprint density at radius 2 is 1.76 bits per heavy atom. The van der Waals surface area contributed by atoms with Gasteiger partial charge in [0, 0.05) is 19.0 Å². The van der Waals surface area contributed by atoms with Crippen LogP contribution >= 0.6 is 11.3 Å². The Hall–Kier alpha value is -2.82. The first-order valence-electron chi connectivity index (χ1n) is 10.8. The molecule has 0 bridgehead atoms. The largest absolute Gasteiger partial charge is 0.346 e. The van der Waals surface area contributed by atoms with Crippen LogP contribution in [0.15, 0.2) is 53.4 Å². The Bertz CT molecular complexity index is 1210. The van der Waals surface area contributed by atoms with E-state index in [4.69, 9.17) is 4.98 Å². The number of aromatic nitrogens is 1. The summed E-state index contributed by atoms with van der Waals surface area (Å²) < 4.78 is 28.0. The number of sulfonamides is 1. The molecule has 2 heterocycles. The van der Waals surface area contributed by atoms with Gasteiger partial charge >= 0.3 is 0 Å². The van der Waals surface area contributed by atoms with Crippen LogP contribution in [0.1, 0.15) is 29.3 Å². The van der Waals surface area contributed by atoms with Crippen molar-refractivity contribution in [2.75, 3.05) is 26.2 Å². The first-order valence-corrected chi connectivity index (χ1v) is 13.1. The number of hydrogen-bond donors (Lipinski definition) is 2. The molecule has 1 saturated heterocycles. The number of nitrogens with one attached hydrogen (secondary N) is 2. The van der Waals surface area contributed by atoms with Crippen LogP contribution in [0, 0.1) is 6.92 Å². The third-order valence-corrected chi connectivity index (χ3v) is 8.31. The number of fused-ring (bicyclic) bond motifs is 1. The lowest BCUT2D eigenvalue weighted by molar-refractivity contribution is -0.133. The highest BCUT2D eigenvalue weighted by molar-refractivity contribution is 7.89. The van der Waals surface area contributed by atoms with Crippen LogP contribution in [-0.4, -0.2) is 56.3 Å². The molecule has 3 aromatic rings. The van der Waals surface area contributed by atoms with Gasteiger partial charge in [-0.05, 0) is 44.0 Å². The van der Waals surface area contributed by atoms with E-state index in [0.29, 0.717) is 19.0 Å². The molecule has 2 aromatic carbocycles. The van der Waals surface area contributed by atoms with Crippen LogP contribution in [0.3, 0.4) is 0 Å². The standard InChI is InChI=1S/C23H26N4O4S2/c1-16-6-8-18(9-7-16)33(30,31)25-14-21(28)24-15-22(29)27-12-10-17(11-13-27)23-26-19-4-2-3-5-20(19)32-23/h2-9,17,25H,10-15H2,1H3,(H,24,28). The van der Waals surface area contributed by atoms with Crippen molar-refractivity contribution >= 4 is 43.4 Å². The van der Waals surface area contributed by atoms with E-state index in [2.05, 4.69) is 16.1 Å². The Morgan fingerprint density at radius 1 is 1.06 bits per heavy atom. The van der Waals surface area contributed by atoms with E-state index >= 15 is 0 Å². The Labute approximate surface area is 197 Å². The van der Waals surface area contributed by atoms with Crippen molar-refractivity contribution in [3.63, 3.8) is 0 Å². The summed E-state index contributed by atoms with van der Waals surface area (Å²) in [5, 5.41) is 3.61. The van der Waals surface area contributed by atoms with E-state index in [9.17, 15) is 18.0 Å². The normalized spacial score (nSPS) is 15.0. The SMILES string of the molecule is Cc1ccc(S(=O)(=O)NCC(=O)NCC(=O)N2CCC(c3nc4ccccc4s3)CC2)cc1. The van der Waals surface area contributed by atoms with Crippen molar-refractivity contribution in [2.24, 2.45) is 0 Å². The third kappa shape index (κ3) is 5.76. The molecule has 10 heteroatoms. The van der Waals surface area contributed by atoms with Gasteiger partial charge in [-0.1, -0.05) is 29.8 Å². The molecule has 0 unspecified atom stereocenters. The molecule has 1 fully saturated rings. The number of carbonyl (C=O) groups excluding carboxylic acids is 2. The van der Waals surface area contributed by atoms with Crippen molar-refractivity contribution in [3.8, 4) is 0 Å². The van der Waals surface area contributed by atoms with Crippen LogP contribution in [0.2, 0.25) is 0 Å². The first-order chi connectivity index (χ1) is 15.8. The van der Waals surface area contributed by atoms with Crippen molar-refractivity contribution in [3.05, 3.63) is 59.1 Å². The maximum Gasteiger partial charge on any atom is 0.241 e. The summed E-state index contributed by atoms with van der Waals surface area (Å²) >= 11 is 1.71. The predicted molar refractivity (Wildman–Crippen MR) is 128 cm³/mol. The Morgan fingerprint density at radius 3 is 2.45 bits per heavy atom. The number of hydrogen-bond acceptors (Lipinski definition) is 6. The number of thiazole rings is 1. The van der Waals surface area contributed by atoms with E-state index in [1.54, 1.807) is 28.4 Å². The minimum absolute atomic E-state index is 0.0907. The summed E-state index contributed by atoms with van der Waals surface area (Å²) in [6.07, 6.45) is 1.66. The van der Waals surface area contributed by atoms with Gasteiger partial charge in [-0.15, -0.1) is 11.3 Å². The fraction of sp³-hybridized carbons (Fsp3) is 0.348. The number of aryl methyl sites for hydroxylation is 1. The number of piperidine rings is 1. The van der Waals surface area contributed by atoms with Gasteiger partial charge in [-0.25, -0.2) is 18.1 Å². The lowest BCUT2D eigenvalue weighted by Crippen LogP contribution is -2.45. The second kappa shape index (κ2) is 9.98. The first kappa shape index (κ1) is 23.3. The van der Waals surface area contributed by atoms with Gasteiger partial charge in [0.2, 0.25) is 21.8 Å². The number of amides is 2. The lowest BCUT2D eigenvalue weighted by Gasteiger charge is -2.31. The van der Waals surface area contributed by atoms with Gasteiger partial charge in [0.25, 0.3) is 0 Å². The summed E-state index contributed by atoms with van der Waals surface area (Å²) in [5.41, 5.74) is 1.95. The van der Waals surface area contributed by atoms with Crippen LogP contribution in [0.4, 0.5) is 0 Å². The smallest absolute Gasteiger partial charge is 0.241 e. The number of para-hydroxylation sites is 1. The highest BCUT2D eigenvalue weighted by Crippen LogP contribution is 2.33. The zero-order chi connectivity index (χ0) is 23.4. The summed E-state index contributed by atoms with van der Waals surface area (Å²) in [5.74, 6) is -0.395. The van der Waals surface area contributed by atoms with Gasteiger partial charge in [-0.2, -0.15) is 0 Å². The molecule has 0 spiro atoms. The average molecular weight is 487 g/mol. The van der Waals surface area contributed by atoms with Gasteiger partial charge in [0.1, 0.15) is 0 Å². The van der Waals surface area contributed by atoms with Crippen LogP contribution in [0.5, 0.6) is 0 Å². The molecular weight excluding hydrogens is 460 g/mol. The van der Waals surface area contributed by atoms with Gasteiger partial charge in [0.05, 0.1) is 33.2 Å². The van der Waals surface area contributed by atoms with Crippen LogP contribution < -0.4 is 10.0 Å². The number of rotatable bonds is 7. The fourth-order valence-electron chi connectivity index (χ4n) is 3.75. The zero-order valence-corrected chi connectivity index (χ0v) is 19.9. The molecule has 174 valence electrons. The highest BCUT2D eigenvalue weighted by atomic mass is 32.2. The summed E-state index contributed by atoms with van der Waals surface area (Å²) in [6, 6.07) is 14.4. The fourth-order valence-corrected chi connectivity index (χ4v) is 5.87. The van der Waals surface area contributed by atoms with Crippen LogP contribution in [0.25, 0.3) is 10.2 Å². The molecule has 0 saturated carbocycles. The maximum absolute atomic E-state index is 12.5. The van der Waals surface area contributed by atoms with Gasteiger partial charge in [-0.3, -0.25) is 9.59 Å². The molecule has 2 N–H and O–H groups in total. The molecule has 1 aliphatic rings. The molecule has 0 atom stereocenters. The molecular formula is C23H26N4O4S2. The summed E-state index contributed by atoms with van der Waals surface area (Å²) in [4.78, 5) is 31.1. The monoisotopic (exact) mass is 486 g/mol. The molecule has 4 rings (SSSR count). The Kier molecular flexibility index (Phi) is 7.06. The van der Waals surface area contributed by atoms with Crippen molar-refractivity contribution in [2.45, 2.75) is 30.6 Å². The van der Waals surface area contributed by atoms with Gasteiger partial charge in [0.15, 0.2) is 0 Å². The highest BCUT2D eigenvalue weighted by Gasteiger charge is 2.26. The summed E-state index contributed by atoms with van der Waals surface area (Å²) in [7, 11) is -3.78. The number of nitrogens with zero attached hydrogens (tertiary/aromatic N) is 2. The zero-order valence-electron chi connectivity index (χ0n) is 18.3. The second-order valence-electron chi connectivity index (χ2n) is 8.09. The molecule has 2 amide bonds. The van der Waals surface area contributed by atoms with E-state index < -0.39 is 22.5 Å². The lowest BCUT2D eigenvalue weighted by atomic mass is 9.97. The Balaban J connectivity index is 1.21. The van der Waals surface area contributed by atoms with Crippen molar-refractivity contribution in [1.82, 2.24) is 19.9 Å². The minimum atomic E-state index is -3.78. The average Bonchev–Trinajstić information content (AvgIpc) is 3.26. The third-order valence-electron chi connectivity index (χ3n) is 5.70. The molecule has 8 nitrogen and oxygen atoms in total. The van der Waals surface area contributed by atoms with E-state index in [0.717, 1.165) is 28.9 Å².